The Morgan fingerprint density at radius 2 is 1.80 bits per heavy atom. The second-order valence-corrected chi connectivity index (χ2v) is 1.97. The van der Waals surface area contributed by atoms with Crippen LogP contribution in [0.15, 0.2) is 36.5 Å². The maximum Gasteiger partial charge on any atom is -0.0166 e. The lowest BCUT2D eigenvalue weighted by Gasteiger charge is -1.77. The molecule has 0 aliphatic carbocycles. The average molecular weight is 135 g/mol. The molecule has 0 aliphatic rings. The Morgan fingerprint density at radius 1 is 1.10 bits per heavy atom. The van der Waals surface area contributed by atoms with Crippen molar-refractivity contribution in [3.8, 4) is 0 Å². The van der Waals surface area contributed by atoms with Gasteiger partial charge in [0.1, 0.15) is 0 Å². The highest BCUT2D eigenvalue weighted by atomic mass is 13.7. The van der Waals surface area contributed by atoms with Crippen LogP contribution in [-0.4, -0.2) is 0 Å². The van der Waals surface area contributed by atoms with E-state index in [9.17, 15) is 0 Å². The van der Waals surface area contributed by atoms with Crippen LogP contribution in [0.25, 0.3) is 0 Å². The van der Waals surface area contributed by atoms with Gasteiger partial charge in [0.05, 0.1) is 0 Å². The van der Waals surface area contributed by atoms with Crippen LogP contribution >= 0.6 is 0 Å². The number of hydrogen-bond acceptors (Lipinski definition) is 0. The van der Waals surface area contributed by atoms with E-state index in [1.807, 2.05) is 12.2 Å². The highest BCUT2D eigenvalue weighted by Crippen LogP contribution is 1.87. The van der Waals surface area contributed by atoms with Gasteiger partial charge in [0.15, 0.2) is 0 Å². The molecule has 0 unspecified atom stereocenters. The molecule has 0 saturated carbocycles. The van der Waals surface area contributed by atoms with Gasteiger partial charge in [0.25, 0.3) is 0 Å². The van der Waals surface area contributed by atoms with Crippen molar-refractivity contribution >= 4 is 0 Å². The zero-order valence-corrected chi connectivity index (χ0v) is 6.59. The summed E-state index contributed by atoms with van der Waals surface area (Å²) in [5.41, 5.74) is 0. The van der Waals surface area contributed by atoms with E-state index in [1.165, 1.54) is 0 Å². The van der Waals surface area contributed by atoms with Crippen molar-refractivity contribution in [3.05, 3.63) is 43.4 Å². The molecule has 1 radical (unpaired) electrons. The predicted octanol–water partition coefficient (Wildman–Crippen LogP) is 3.29. The van der Waals surface area contributed by atoms with Gasteiger partial charge in [-0.05, 0) is 19.8 Å². The first-order valence-electron chi connectivity index (χ1n) is 3.67. The quantitative estimate of drug-likeness (QED) is 0.519. The third-order valence-electron chi connectivity index (χ3n) is 1.06. The van der Waals surface area contributed by atoms with Gasteiger partial charge >= 0.3 is 0 Å². The molecule has 0 aromatic heterocycles. The van der Waals surface area contributed by atoms with Gasteiger partial charge in [-0.15, -0.1) is 0 Å². The Hall–Kier alpha value is -0.780. The fourth-order valence-corrected chi connectivity index (χ4v) is 0.547. The van der Waals surface area contributed by atoms with Gasteiger partial charge in [-0.1, -0.05) is 43.4 Å². The first-order chi connectivity index (χ1) is 4.91. The minimum atomic E-state index is 0.984. The summed E-state index contributed by atoms with van der Waals surface area (Å²) < 4.78 is 0. The SMILES string of the molecule is [CH2]/C=C/C/C=C/C=C/CC. The van der Waals surface area contributed by atoms with E-state index < -0.39 is 0 Å². The number of allylic oxidation sites excluding steroid dienone is 6. The van der Waals surface area contributed by atoms with Crippen molar-refractivity contribution < 1.29 is 0 Å². The molecule has 0 atom stereocenters. The minimum absolute atomic E-state index is 0.984. The van der Waals surface area contributed by atoms with E-state index in [0.29, 0.717) is 0 Å². The van der Waals surface area contributed by atoms with E-state index in [1.54, 1.807) is 0 Å². The average Bonchev–Trinajstić information content (AvgIpc) is 1.97. The van der Waals surface area contributed by atoms with Crippen LogP contribution in [0.5, 0.6) is 0 Å². The summed E-state index contributed by atoms with van der Waals surface area (Å²) in [4.78, 5) is 0. The monoisotopic (exact) mass is 135 g/mol. The first kappa shape index (κ1) is 9.22. The lowest BCUT2D eigenvalue weighted by Crippen LogP contribution is -1.56. The Morgan fingerprint density at radius 3 is 2.40 bits per heavy atom. The van der Waals surface area contributed by atoms with Crippen molar-refractivity contribution in [2.24, 2.45) is 0 Å². The van der Waals surface area contributed by atoms with Crippen molar-refractivity contribution in [1.29, 1.82) is 0 Å². The molecule has 0 heterocycles. The molecule has 0 rings (SSSR count). The van der Waals surface area contributed by atoms with E-state index in [2.05, 4.69) is 38.2 Å². The Bertz CT molecular complexity index is 127. The lowest BCUT2D eigenvalue weighted by molar-refractivity contribution is 1.22. The standard InChI is InChI=1S/C10H15/c1-3-5-7-9-10-8-6-4-2/h3,5-6,8-10H,1,4,7H2,2H3/b5-3+,8-6+,10-9+. The molecular weight excluding hydrogens is 120 g/mol. The van der Waals surface area contributed by atoms with Crippen molar-refractivity contribution in [2.45, 2.75) is 19.8 Å². The topological polar surface area (TPSA) is 0 Å². The van der Waals surface area contributed by atoms with E-state index in [-0.39, 0.29) is 0 Å². The zero-order chi connectivity index (χ0) is 7.66. The molecule has 0 spiro atoms. The summed E-state index contributed by atoms with van der Waals surface area (Å²) in [5, 5.41) is 0. The van der Waals surface area contributed by atoms with Crippen LogP contribution in [0.4, 0.5) is 0 Å². The third-order valence-corrected chi connectivity index (χ3v) is 1.06. The molecule has 0 amide bonds. The zero-order valence-electron chi connectivity index (χ0n) is 6.59. The maximum atomic E-state index is 3.59. The predicted molar refractivity (Wildman–Crippen MR) is 47.7 cm³/mol. The van der Waals surface area contributed by atoms with E-state index in [4.69, 9.17) is 0 Å². The molecule has 0 fully saturated rings. The lowest BCUT2D eigenvalue weighted by atomic mass is 10.3. The van der Waals surface area contributed by atoms with Crippen LogP contribution < -0.4 is 0 Å². The fraction of sp³-hybridized carbons (Fsp3) is 0.300. The summed E-state index contributed by atoms with van der Waals surface area (Å²) in [7, 11) is 0. The molecule has 55 valence electrons. The van der Waals surface area contributed by atoms with Crippen molar-refractivity contribution in [2.75, 3.05) is 0 Å². The van der Waals surface area contributed by atoms with Crippen molar-refractivity contribution in [3.63, 3.8) is 0 Å². The molecule has 0 aliphatic heterocycles. The molecular formula is C10H15. The van der Waals surface area contributed by atoms with Crippen LogP contribution in [0.1, 0.15) is 19.8 Å². The summed E-state index contributed by atoms with van der Waals surface area (Å²) in [6.07, 6.45) is 14.3. The van der Waals surface area contributed by atoms with Crippen molar-refractivity contribution in [1.82, 2.24) is 0 Å². The number of hydrogen-bond donors (Lipinski definition) is 0. The van der Waals surface area contributed by atoms with Crippen LogP contribution in [0.3, 0.4) is 0 Å². The molecule has 0 aromatic rings. The maximum absolute atomic E-state index is 3.59. The minimum Gasteiger partial charge on any atom is -0.0879 e. The molecule has 0 bridgehead atoms. The highest BCUT2D eigenvalue weighted by Gasteiger charge is 1.66. The van der Waals surface area contributed by atoms with Gasteiger partial charge in [-0.2, -0.15) is 0 Å². The second kappa shape index (κ2) is 8.22. The first-order valence-corrected chi connectivity index (χ1v) is 3.67. The molecule has 0 saturated heterocycles. The Labute approximate surface area is 64.0 Å². The molecule has 0 N–H and O–H groups in total. The molecule has 0 nitrogen and oxygen atoms in total. The van der Waals surface area contributed by atoms with Gasteiger partial charge in [0.2, 0.25) is 0 Å². The summed E-state index contributed by atoms with van der Waals surface area (Å²) in [6, 6.07) is 0. The fourth-order valence-electron chi connectivity index (χ4n) is 0.547. The van der Waals surface area contributed by atoms with E-state index >= 15 is 0 Å². The van der Waals surface area contributed by atoms with Gasteiger partial charge < -0.3 is 0 Å². The Kier molecular flexibility index (Phi) is 7.58. The van der Waals surface area contributed by atoms with Crippen LogP contribution in [-0.2, 0) is 0 Å². The highest BCUT2D eigenvalue weighted by molar-refractivity contribution is 5.04. The van der Waals surface area contributed by atoms with Gasteiger partial charge in [-0.25, -0.2) is 0 Å². The molecule has 0 heteroatoms. The molecule has 10 heavy (non-hydrogen) atoms. The largest absolute Gasteiger partial charge is 0.0879 e. The summed E-state index contributed by atoms with van der Waals surface area (Å²) >= 11 is 0. The molecule has 0 aromatic carbocycles. The summed E-state index contributed by atoms with van der Waals surface area (Å²) in [6.45, 7) is 5.71. The van der Waals surface area contributed by atoms with Crippen LogP contribution in [0.2, 0.25) is 0 Å². The second-order valence-electron chi connectivity index (χ2n) is 1.97. The Balaban J connectivity index is 3.28. The van der Waals surface area contributed by atoms with E-state index in [0.717, 1.165) is 12.8 Å². The summed E-state index contributed by atoms with van der Waals surface area (Å²) in [5.74, 6) is 0. The third kappa shape index (κ3) is 7.22. The van der Waals surface area contributed by atoms with Crippen LogP contribution in [0, 0.1) is 6.92 Å². The smallest absolute Gasteiger partial charge is 0.0166 e. The van der Waals surface area contributed by atoms with Gasteiger partial charge in [-0.3, -0.25) is 0 Å². The normalized spacial score (nSPS) is 12.6. The number of rotatable bonds is 4. The van der Waals surface area contributed by atoms with Gasteiger partial charge in [0, 0.05) is 0 Å².